The molecule has 33 heavy (non-hydrogen) atoms. The fourth-order valence-corrected chi connectivity index (χ4v) is 5.47. The Labute approximate surface area is 194 Å². The van der Waals surface area contributed by atoms with E-state index in [-0.39, 0.29) is 23.8 Å². The molecule has 1 aromatic heterocycles. The molecule has 3 aromatic rings. The second-order valence-corrected chi connectivity index (χ2v) is 9.75. The van der Waals surface area contributed by atoms with Crippen LogP contribution in [0.5, 0.6) is 0 Å². The van der Waals surface area contributed by atoms with Crippen LogP contribution >= 0.6 is 0 Å². The number of carbonyl (C=O) groups is 1. The number of ketones is 1. The van der Waals surface area contributed by atoms with E-state index >= 15 is 0 Å². The van der Waals surface area contributed by atoms with Crippen molar-refractivity contribution in [3.63, 3.8) is 0 Å². The predicted molar refractivity (Wildman–Crippen MR) is 127 cm³/mol. The SMILES string of the molecule is CONCc1ccc2c(c1)c1c(n2Cc2cccc(F)c2)CCC([C@H]2NC2C(=O)C(C)C)C1. The first-order chi connectivity index (χ1) is 16.0. The lowest BCUT2D eigenvalue weighted by Crippen LogP contribution is -2.25. The van der Waals surface area contributed by atoms with Crippen LogP contribution in [0.1, 0.15) is 42.7 Å². The molecule has 2 N–H and O–H groups in total. The van der Waals surface area contributed by atoms with Gasteiger partial charge in [0.1, 0.15) is 5.82 Å². The zero-order valence-corrected chi connectivity index (χ0v) is 19.5. The summed E-state index contributed by atoms with van der Waals surface area (Å²) in [6.07, 6.45) is 2.99. The van der Waals surface area contributed by atoms with Crippen molar-refractivity contribution in [2.75, 3.05) is 7.11 Å². The number of benzene rings is 2. The summed E-state index contributed by atoms with van der Waals surface area (Å²) in [7, 11) is 1.62. The first kappa shape index (κ1) is 22.3. The number of hydrogen-bond donors (Lipinski definition) is 2. The van der Waals surface area contributed by atoms with Crippen LogP contribution in [-0.4, -0.2) is 29.5 Å². The molecule has 0 radical (unpaired) electrons. The van der Waals surface area contributed by atoms with Crippen LogP contribution in [0.3, 0.4) is 0 Å². The molecule has 1 aliphatic carbocycles. The number of nitrogens with zero attached hydrogens (tertiary/aromatic N) is 1. The van der Waals surface area contributed by atoms with E-state index < -0.39 is 0 Å². The van der Waals surface area contributed by atoms with Gasteiger partial charge in [-0.2, -0.15) is 5.48 Å². The molecule has 6 heteroatoms. The van der Waals surface area contributed by atoms with Gasteiger partial charge in [0.2, 0.25) is 0 Å². The van der Waals surface area contributed by atoms with Gasteiger partial charge in [0.25, 0.3) is 0 Å². The Bertz CT molecular complexity index is 1190. The first-order valence-corrected chi connectivity index (χ1v) is 11.9. The molecule has 0 spiro atoms. The summed E-state index contributed by atoms with van der Waals surface area (Å²) < 4.78 is 16.2. The Kier molecular flexibility index (Phi) is 6.08. The third kappa shape index (κ3) is 4.35. The molecule has 2 aliphatic rings. The zero-order valence-electron chi connectivity index (χ0n) is 19.5. The Morgan fingerprint density at radius 2 is 2.09 bits per heavy atom. The summed E-state index contributed by atoms with van der Waals surface area (Å²) in [5.74, 6) is 0.647. The number of rotatable bonds is 8. The van der Waals surface area contributed by atoms with Gasteiger partial charge in [-0.05, 0) is 66.1 Å². The first-order valence-electron chi connectivity index (χ1n) is 11.9. The number of nitrogens with one attached hydrogen (secondary N) is 2. The van der Waals surface area contributed by atoms with Crippen molar-refractivity contribution in [1.29, 1.82) is 0 Å². The molecule has 1 fully saturated rings. The minimum absolute atomic E-state index is 0.0126. The molecule has 2 aromatic carbocycles. The number of fused-ring (bicyclic) bond motifs is 3. The third-order valence-electron chi connectivity index (χ3n) is 7.23. The van der Waals surface area contributed by atoms with Gasteiger partial charge in [0.05, 0.1) is 13.2 Å². The molecule has 0 bridgehead atoms. The highest BCUT2D eigenvalue weighted by Gasteiger charge is 2.48. The molecule has 2 heterocycles. The normalized spacial score (nSPS) is 22.0. The Balaban J connectivity index is 1.50. The van der Waals surface area contributed by atoms with Gasteiger partial charge in [-0.3, -0.25) is 4.79 Å². The van der Waals surface area contributed by atoms with E-state index in [9.17, 15) is 9.18 Å². The van der Waals surface area contributed by atoms with Crippen molar-refractivity contribution in [2.24, 2.45) is 11.8 Å². The molecule has 1 aliphatic heterocycles. The largest absolute Gasteiger partial charge is 0.340 e. The van der Waals surface area contributed by atoms with Gasteiger partial charge >= 0.3 is 0 Å². The molecule has 2 unspecified atom stereocenters. The van der Waals surface area contributed by atoms with Crippen LogP contribution in [-0.2, 0) is 35.6 Å². The molecule has 5 rings (SSSR count). The molecule has 0 amide bonds. The van der Waals surface area contributed by atoms with Crippen molar-refractivity contribution >= 4 is 16.7 Å². The van der Waals surface area contributed by atoms with Crippen LogP contribution in [0.25, 0.3) is 10.9 Å². The summed E-state index contributed by atoms with van der Waals surface area (Å²) in [6.45, 7) is 5.25. The van der Waals surface area contributed by atoms with E-state index in [2.05, 4.69) is 33.6 Å². The second kappa shape index (κ2) is 9.01. The maximum atomic E-state index is 13.9. The second-order valence-electron chi connectivity index (χ2n) is 9.75. The van der Waals surface area contributed by atoms with Gasteiger partial charge < -0.3 is 14.7 Å². The van der Waals surface area contributed by atoms with E-state index in [1.807, 2.05) is 19.9 Å². The highest BCUT2D eigenvalue weighted by atomic mass is 19.1. The Morgan fingerprint density at radius 1 is 1.24 bits per heavy atom. The van der Waals surface area contributed by atoms with Crippen molar-refractivity contribution in [1.82, 2.24) is 15.4 Å². The fraction of sp³-hybridized carbons (Fsp3) is 0.444. The minimum Gasteiger partial charge on any atom is -0.340 e. The monoisotopic (exact) mass is 449 g/mol. The topological polar surface area (TPSA) is 65.2 Å². The van der Waals surface area contributed by atoms with E-state index in [4.69, 9.17) is 4.84 Å². The standard InChI is InChI=1S/C27H32FN3O2/c1-16(2)27(32)26-25(30-26)19-8-10-24-22(13-19)21-12-17(14-29-33-3)7-9-23(21)31(24)15-18-5-4-6-20(28)11-18/h4-7,9,11-12,16,19,25-26,29-30H,8,10,13-15H2,1-3H3/t19?,25-,26?/m1/s1. The van der Waals surface area contributed by atoms with E-state index in [1.165, 1.54) is 28.2 Å². The van der Waals surface area contributed by atoms with E-state index in [0.717, 1.165) is 30.4 Å². The van der Waals surface area contributed by atoms with Gasteiger partial charge in [-0.15, -0.1) is 0 Å². The zero-order chi connectivity index (χ0) is 23.1. The number of hydroxylamine groups is 1. The lowest BCUT2D eigenvalue weighted by molar-refractivity contribution is -0.121. The average molecular weight is 450 g/mol. The number of Topliss-reactive ketones (excluding diaryl/α,β-unsaturated/α-hetero) is 1. The number of carbonyl (C=O) groups excluding carboxylic acids is 1. The third-order valence-corrected chi connectivity index (χ3v) is 7.23. The van der Waals surface area contributed by atoms with Crippen molar-refractivity contribution in [2.45, 2.75) is 58.3 Å². The summed E-state index contributed by atoms with van der Waals surface area (Å²) >= 11 is 0. The summed E-state index contributed by atoms with van der Waals surface area (Å²) in [6, 6.07) is 13.7. The van der Waals surface area contributed by atoms with Gasteiger partial charge in [-0.1, -0.05) is 32.0 Å². The number of aromatic nitrogens is 1. The molecule has 3 atom stereocenters. The summed E-state index contributed by atoms with van der Waals surface area (Å²) in [5.41, 5.74) is 8.96. The Morgan fingerprint density at radius 3 is 2.85 bits per heavy atom. The van der Waals surface area contributed by atoms with Crippen LogP contribution in [0.4, 0.5) is 4.39 Å². The molecular formula is C27H32FN3O2. The quantitative estimate of drug-likeness (QED) is 0.401. The van der Waals surface area contributed by atoms with Crippen molar-refractivity contribution < 1.29 is 14.0 Å². The van der Waals surface area contributed by atoms with Gasteiger partial charge in [-0.25, -0.2) is 4.39 Å². The number of halogens is 1. The maximum absolute atomic E-state index is 13.9. The highest BCUT2D eigenvalue weighted by molar-refractivity contribution is 5.90. The molecule has 174 valence electrons. The maximum Gasteiger partial charge on any atom is 0.153 e. The van der Waals surface area contributed by atoms with Crippen LogP contribution in [0.15, 0.2) is 42.5 Å². The summed E-state index contributed by atoms with van der Waals surface area (Å²) in [5, 5.41) is 4.72. The van der Waals surface area contributed by atoms with E-state index in [1.54, 1.807) is 19.2 Å². The Hall–Kier alpha value is -2.54. The minimum atomic E-state index is -0.202. The fourth-order valence-electron chi connectivity index (χ4n) is 5.47. The molecule has 0 saturated carbocycles. The lowest BCUT2D eigenvalue weighted by atomic mass is 9.82. The molecular weight excluding hydrogens is 417 g/mol. The van der Waals surface area contributed by atoms with Crippen molar-refractivity contribution in [3.8, 4) is 0 Å². The smallest absolute Gasteiger partial charge is 0.153 e. The predicted octanol–water partition coefficient (Wildman–Crippen LogP) is 4.15. The highest BCUT2D eigenvalue weighted by Crippen LogP contribution is 2.39. The van der Waals surface area contributed by atoms with E-state index in [0.29, 0.717) is 24.8 Å². The molecule has 1 saturated heterocycles. The molecule has 5 nitrogen and oxygen atoms in total. The summed E-state index contributed by atoms with van der Waals surface area (Å²) in [4.78, 5) is 17.5. The number of hydrogen-bond acceptors (Lipinski definition) is 4. The van der Waals surface area contributed by atoms with Gasteiger partial charge in [0.15, 0.2) is 5.78 Å². The van der Waals surface area contributed by atoms with Crippen LogP contribution in [0.2, 0.25) is 0 Å². The van der Waals surface area contributed by atoms with Crippen LogP contribution in [0, 0.1) is 17.7 Å². The van der Waals surface area contributed by atoms with Crippen molar-refractivity contribution in [3.05, 3.63) is 70.7 Å². The lowest BCUT2D eigenvalue weighted by Gasteiger charge is -2.24. The van der Waals surface area contributed by atoms with Gasteiger partial charge in [0, 0.05) is 41.6 Å². The van der Waals surface area contributed by atoms with Crippen LogP contribution < -0.4 is 10.8 Å². The average Bonchev–Trinajstić information content (AvgIpc) is 3.56.